The molecule has 132 valence electrons. The van der Waals surface area contributed by atoms with E-state index in [1.54, 1.807) is 28.0 Å². The highest BCUT2D eigenvalue weighted by Crippen LogP contribution is 2.31. The number of benzene rings is 2. The Morgan fingerprint density at radius 3 is 2.77 bits per heavy atom. The third kappa shape index (κ3) is 3.73. The number of amides is 2. The third-order valence-corrected chi connectivity index (χ3v) is 6.41. The summed E-state index contributed by atoms with van der Waals surface area (Å²) in [7, 11) is 0. The molecule has 0 atom stereocenters. The van der Waals surface area contributed by atoms with Crippen LogP contribution in [0.25, 0.3) is 10.2 Å². The van der Waals surface area contributed by atoms with Crippen LogP contribution in [0.3, 0.4) is 0 Å². The average molecular weight is 383 g/mol. The Labute approximate surface area is 159 Å². The standard InChI is InChI=1S/C19H17N3O2S2/c23-17-11-22(10-9-20-17)18(24)14-7-5-13(6-8-14)12-25-19-21-15-3-1-2-4-16(15)26-19/h1-8H,9-12H2,(H,20,23). The van der Waals surface area contributed by atoms with Crippen molar-refractivity contribution < 1.29 is 9.59 Å². The first-order chi connectivity index (χ1) is 12.7. The van der Waals surface area contributed by atoms with E-state index in [0.29, 0.717) is 18.7 Å². The topological polar surface area (TPSA) is 62.3 Å². The number of hydrogen-bond donors (Lipinski definition) is 1. The lowest BCUT2D eigenvalue weighted by Crippen LogP contribution is -2.49. The number of fused-ring (bicyclic) bond motifs is 1. The molecule has 0 radical (unpaired) electrons. The number of nitrogens with zero attached hydrogens (tertiary/aromatic N) is 2. The van der Waals surface area contributed by atoms with Crippen molar-refractivity contribution >= 4 is 45.1 Å². The molecule has 0 unspecified atom stereocenters. The van der Waals surface area contributed by atoms with E-state index < -0.39 is 0 Å². The highest BCUT2D eigenvalue weighted by atomic mass is 32.2. The maximum atomic E-state index is 12.5. The quantitative estimate of drug-likeness (QED) is 0.703. The van der Waals surface area contributed by atoms with E-state index in [1.807, 2.05) is 42.5 Å². The predicted octanol–water partition coefficient (Wildman–Crippen LogP) is 3.16. The Morgan fingerprint density at radius 1 is 1.19 bits per heavy atom. The third-order valence-electron chi connectivity index (χ3n) is 4.16. The van der Waals surface area contributed by atoms with Crippen LogP contribution < -0.4 is 5.32 Å². The monoisotopic (exact) mass is 383 g/mol. The molecule has 7 heteroatoms. The number of carbonyl (C=O) groups is 2. The summed E-state index contributed by atoms with van der Waals surface area (Å²) < 4.78 is 2.24. The molecule has 1 N–H and O–H groups in total. The number of rotatable bonds is 4. The van der Waals surface area contributed by atoms with Gasteiger partial charge in [0.25, 0.3) is 5.91 Å². The molecule has 0 saturated carbocycles. The number of aromatic nitrogens is 1. The van der Waals surface area contributed by atoms with Crippen LogP contribution in [0.15, 0.2) is 52.9 Å². The number of piperazine rings is 1. The van der Waals surface area contributed by atoms with Crippen molar-refractivity contribution in [3.05, 3.63) is 59.7 Å². The van der Waals surface area contributed by atoms with Gasteiger partial charge in [-0.25, -0.2) is 4.98 Å². The molecular weight excluding hydrogens is 366 g/mol. The van der Waals surface area contributed by atoms with Crippen LogP contribution in [0.1, 0.15) is 15.9 Å². The summed E-state index contributed by atoms with van der Waals surface area (Å²) in [6, 6.07) is 15.7. The molecule has 0 aliphatic carbocycles. The van der Waals surface area contributed by atoms with Crippen LogP contribution in [0, 0.1) is 0 Å². The lowest BCUT2D eigenvalue weighted by molar-refractivity contribution is -0.123. The zero-order valence-corrected chi connectivity index (χ0v) is 15.6. The Balaban J connectivity index is 1.39. The molecule has 2 aromatic carbocycles. The molecule has 2 amide bonds. The van der Waals surface area contributed by atoms with Gasteiger partial charge in [0.2, 0.25) is 5.91 Å². The highest BCUT2D eigenvalue weighted by Gasteiger charge is 2.22. The minimum atomic E-state index is -0.103. The first kappa shape index (κ1) is 17.1. The largest absolute Gasteiger partial charge is 0.353 e. The summed E-state index contributed by atoms with van der Waals surface area (Å²) in [6.07, 6.45) is 0. The summed E-state index contributed by atoms with van der Waals surface area (Å²) in [6.45, 7) is 1.20. The maximum absolute atomic E-state index is 12.5. The van der Waals surface area contributed by atoms with Crippen LogP contribution in [0.4, 0.5) is 0 Å². The molecule has 4 rings (SSSR count). The van der Waals surface area contributed by atoms with Gasteiger partial charge < -0.3 is 10.2 Å². The van der Waals surface area contributed by atoms with Crippen LogP contribution in [0.2, 0.25) is 0 Å². The highest BCUT2D eigenvalue weighted by molar-refractivity contribution is 8.00. The Morgan fingerprint density at radius 2 is 2.00 bits per heavy atom. The van der Waals surface area contributed by atoms with Crippen molar-refractivity contribution in [3.8, 4) is 0 Å². The fraction of sp³-hybridized carbons (Fsp3) is 0.211. The van der Waals surface area contributed by atoms with Gasteiger partial charge in [0.05, 0.1) is 16.8 Å². The normalized spacial score (nSPS) is 14.5. The van der Waals surface area contributed by atoms with Gasteiger partial charge in [0, 0.05) is 24.4 Å². The molecule has 3 aromatic rings. The Hall–Kier alpha value is -2.38. The summed E-state index contributed by atoms with van der Waals surface area (Å²) in [4.78, 5) is 30.1. The fourth-order valence-electron chi connectivity index (χ4n) is 2.80. The summed E-state index contributed by atoms with van der Waals surface area (Å²) in [5.41, 5.74) is 2.79. The van der Waals surface area contributed by atoms with E-state index in [-0.39, 0.29) is 18.4 Å². The molecule has 0 spiro atoms. The second-order valence-corrected chi connectivity index (χ2v) is 8.26. The molecular formula is C19H17N3O2S2. The van der Waals surface area contributed by atoms with E-state index in [9.17, 15) is 9.59 Å². The first-order valence-electron chi connectivity index (χ1n) is 8.32. The second-order valence-electron chi connectivity index (χ2n) is 6.01. The number of thioether (sulfide) groups is 1. The fourth-order valence-corrected chi connectivity index (χ4v) is 4.82. The smallest absolute Gasteiger partial charge is 0.254 e. The van der Waals surface area contributed by atoms with Crippen LogP contribution in [-0.2, 0) is 10.5 Å². The molecule has 1 saturated heterocycles. The summed E-state index contributed by atoms with van der Waals surface area (Å²) >= 11 is 3.40. The van der Waals surface area contributed by atoms with Gasteiger partial charge in [-0.3, -0.25) is 9.59 Å². The molecule has 1 aromatic heterocycles. The number of para-hydroxylation sites is 1. The minimum absolute atomic E-state index is 0.0924. The van der Waals surface area contributed by atoms with Crippen LogP contribution >= 0.6 is 23.1 Å². The zero-order chi connectivity index (χ0) is 17.9. The van der Waals surface area contributed by atoms with Crippen LogP contribution in [0.5, 0.6) is 0 Å². The van der Waals surface area contributed by atoms with Gasteiger partial charge >= 0.3 is 0 Å². The van der Waals surface area contributed by atoms with Crippen molar-refractivity contribution in [1.29, 1.82) is 0 Å². The van der Waals surface area contributed by atoms with Crippen molar-refractivity contribution in [2.75, 3.05) is 19.6 Å². The van der Waals surface area contributed by atoms with Gasteiger partial charge in [-0.15, -0.1) is 11.3 Å². The lowest BCUT2D eigenvalue weighted by Gasteiger charge is -2.26. The van der Waals surface area contributed by atoms with E-state index in [2.05, 4.69) is 16.4 Å². The molecule has 26 heavy (non-hydrogen) atoms. The van der Waals surface area contributed by atoms with Crippen molar-refractivity contribution in [2.24, 2.45) is 0 Å². The van der Waals surface area contributed by atoms with Crippen molar-refractivity contribution in [2.45, 2.75) is 10.1 Å². The molecule has 1 fully saturated rings. The van der Waals surface area contributed by atoms with Gasteiger partial charge in [0.1, 0.15) is 0 Å². The second kappa shape index (κ2) is 7.47. The van der Waals surface area contributed by atoms with E-state index in [4.69, 9.17) is 0 Å². The van der Waals surface area contributed by atoms with Gasteiger partial charge in [-0.05, 0) is 29.8 Å². The van der Waals surface area contributed by atoms with Crippen molar-refractivity contribution in [3.63, 3.8) is 0 Å². The van der Waals surface area contributed by atoms with Crippen LogP contribution in [-0.4, -0.2) is 41.3 Å². The molecule has 5 nitrogen and oxygen atoms in total. The maximum Gasteiger partial charge on any atom is 0.254 e. The van der Waals surface area contributed by atoms with E-state index >= 15 is 0 Å². The SMILES string of the molecule is O=C1CN(C(=O)c2ccc(CSc3nc4ccccc4s3)cc2)CCN1. The molecule has 1 aliphatic heterocycles. The number of carbonyl (C=O) groups excluding carboxylic acids is 2. The van der Waals surface area contributed by atoms with Crippen molar-refractivity contribution in [1.82, 2.24) is 15.2 Å². The van der Waals surface area contributed by atoms with Gasteiger partial charge in [0.15, 0.2) is 4.34 Å². The van der Waals surface area contributed by atoms with Gasteiger partial charge in [-0.1, -0.05) is 36.0 Å². The van der Waals surface area contributed by atoms with E-state index in [1.165, 1.54) is 4.70 Å². The number of thiazole rings is 1. The van der Waals surface area contributed by atoms with E-state index in [0.717, 1.165) is 21.2 Å². The molecule has 0 bridgehead atoms. The predicted molar refractivity (Wildman–Crippen MR) is 105 cm³/mol. The molecule has 1 aliphatic rings. The minimum Gasteiger partial charge on any atom is -0.353 e. The molecule has 2 heterocycles. The first-order valence-corrected chi connectivity index (χ1v) is 10.1. The van der Waals surface area contributed by atoms with Gasteiger partial charge in [-0.2, -0.15) is 0 Å². The Kier molecular flexibility index (Phi) is 4.90. The summed E-state index contributed by atoms with van der Waals surface area (Å²) in [5.74, 6) is 0.610. The Bertz CT molecular complexity index is 920. The number of nitrogens with one attached hydrogen (secondary N) is 1. The summed E-state index contributed by atoms with van der Waals surface area (Å²) in [5, 5.41) is 2.73. The number of hydrogen-bond acceptors (Lipinski definition) is 5. The zero-order valence-electron chi connectivity index (χ0n) is 14.0. The average Bonchev–Trinajstić information content (AvgIpc) is 3.09. The lowest BCUT2D eigenvalue weighted by atomic mass is 10.1.